The van der Waals surface area contributed by atoms with E-state index in [2.05, 4.69) is 52.5 Å². The van der Waals surface area contributed by atoms with E-state index >= 15 is 0 Å². The number of aliphatic carboxylic acids is 1. The minimum absolute atomic E-state index is 0.00616. The lowest BCUT2D eigenvalue weighted by Gasteiger charge is -2.11. The number of nitrogens with one attached hydrogen (secondary N) is 2. The third kappa shape index (κ3) is 6.21. The highest BCUT2D eigenvalue weighted by Gasteiger charge is 2.38. The molecular formula is C24H24F3N3O3. The van der Waals surface area contributed by atoms with Crippen molar-refractivity contribution >= 4 is 11.9 Å². The van der Waals surface area contributed by atoms with E-state index in [0.29, 0.717) is 6.54 Å². The lowest BCUT2D eigenvalue weighted by atomic mass is 10.0. The fourth-order valence-electron chi connectivity index (χ4n) is 3.47. The Hall–Kier alpha value is -3.62. The van der Waals surface area contributed by atoms with Crippen LogP contribution in [-0.4, -0.2) is 39.7 Å². The first-order chi connectivity index (χ1) is 15.7. The molecule has 3 heterocycles. The molecule has 0 atom stereocenters. The summed E-state index contributed by atoms with van der Waals surface area (Å²) in [7, 11) is 0. The van der Waals surface area contributed by atoms with Crippen molar-refractivity contribution in [2.24, 2.45) is 0 Å². The summed E-state index contributed by atoms with van der Waals surface area (Å²) >= 11 is 0. The van der Waals surface area contributed by atoms with E-state index < -0.39 is 12.1 Å². The summed E-state index contributed by atoms with van der Waals surface area (Å²) in [4.78, 5) is 28.9. The topological polar surface area (TPSA) is 95.1 Å². The van der Waals surface area contributed by atoms with Gasteiger partial charge in [0.1, 0.15) is 0 Å². The summed E-state index contributed by atoms with van der Waals surface area (Å²) < 4.78 is 31.7. The molecule has 1 aromatic carbocycles. The second-order valence-electron chi connectivity index (χ2n) is 7.62. The summed E-state index contributed by atoms with van der Waals surface area (Å²) in [5.41, 5.74) is 7.24. The number of pyridine rings is 1. The maximum atomic E-state index is 12.0. The standard InChI is InChI=1S/C22H23N3O.C2HF3O2/c1-2-3-5-15-6-4-7-16(12-15)20-13-17(8-10-23-20)21-14-18-19(25-21)9-11-24-22(18)26;3-2(4,5)1(6)7/h4,6-8,10,12-14,25H,2-3,5,9,11H2,1H3,(H,24,26);(H,6,7). The highest BCUT2D eigenvalue weighted by atomic mass is 19.4. The smallest absolute Gasteiger partial charge is 0.475 e. The number of rotatable bonds is 5. The van der Waals surface area contributed by atoms with Crippen molar-refractivity contribution < 1.29 is 27.9 Å². The number of fused-ring (bicyclic) bond motifs is 1. The van der Waals surface area contributed by atoms with Gasteiger partial charge in [-0.2, -0.15) is 13.2 Å². The number of H-pyrrole nitrogens is 1. The number of hydrogen-bond acceptors (Lipinski definition) is 3. The molecule has 0 fully saturated rings. The van der Waals surface area contributed by atoms with Gasteiger partial charge in [-0.3, -0.25) is 9.78 Å². The summed E-state index contributed by atoms with van der Waals surface area (Å²) in [6, 6.07) is 14.6. The van der Waals surface area contributed by atoms with Crippen LogP contribution in [0.25, 0.3) is 22.5 Å². The van der Waals surface area contributed by atoms with Gasteiger partial charge in [0.2, 0.25) is 0 Å². The van der Waals surface area contributed by atoms with Crippen molar-refractivity contribution in [1.82, 2.24) is 15.3 Å². The van der Waals surface area contributed by atoms with E-state index in [4.69, 9.17) is 9.90 Å². The minimum Gasteiger partial charge on any atom is -0.475 e. The van der Waals surface area contributed by atoms with Crippen molar-refractivity contribution in [2.75, 3.05) is 6.54 Å². The number of carbonyl (C=O) groups excluding carboxylic acids is 1. The number of halogens is 3. The van der Waals surface area contributed by atoms with Crippen LogP contribution in [0.1, 0.15) is 41.4 Å². The average Bonchev–Trinajstić information content (AvgIpc) is 3.24. The molecule has 0 unspecified atom stereocenters. The number of carbonyl (C=O) groups is 2. The number of aromatic nitrogens is 2. The van der Waals surface area contributed by atoms with Gasteiger partial charge in [-0.15, -0.1) is 0 Å². The fraction of sp³-hybridized carbons (Fsp3) is 0.292. The van der Waals surface area contributed by atoms with E-state index in [1.54, 1.807) is 0 Å². The second kappa shape index (κ2) is 10.3. The maximum absolute atomic E-state index is 12.0. The van der Waals surface area contributed by atoms with Crippen molar-refractivity contribution in [3.8, 4) is 22.5 Å². The van der Waals surface area contributed by atoms with E-state index in [1.165, 1.54) is 18.4 Å². The van der Waals surface area contributed by atoms with E-state index in [1.807, 2.05) is 18.3 Å². The molecule has 6 nitrogen and oxygen atoms in total. The second-order valence-corrected chi connectivity index (χ2v) is 7.62. The van der Waals surface area contributed by atoms with Crippen LogP contribution in [0, 0.1) is 0 Å². The zero-order valence-electron chi connectivity index (χ0n) is 18.0. The number of nitrogens with zero attached hydrogens (tertiary/aromatic N) is 1. The quantitative estimate of drug-likeness (QED) is 0.500. The van der Waals surface area contributed by atoms with Gasteiger partial charge >= 0.3 is 12.1 Å². The molecule has 0 saturated carbocycles. The number of hydrogen-bond donors (Lipinski definition) is 3. The van der Waals surface area contributed by atoms with Gasteiger partial charge in [-0.1, -0.05) is 31.5 Å². The molecule has 9 heteroatoms. The molecule has 0 saturated heterocycles. The van der Waals surface area contributed by atoms with E-state index in [9.17, 15) is 18.0 Å². The van der Waals surface area contributed by atoms with Gasteiger partial charge in [-0.25, -0.2) is 4.79 Å². The number of unbranched alkanes of at least 4 members (excludes halogenated alkanes) is 1. The van der Waals surface area contributed by atoms with Crippen molar-refractivity contribution in [3.05, 3.63) is 65.5 Å². The van der Waals surface area contributed by atoms with Crippen LogP contribution in [0.15, 0.2) is 48.7 Å². The lowest BCUT2D eigenvalue weighted by Crippen LogP contribution is -2.31. The van der Waals surface area contributed by atoms with Gasteiger partial charge < -0.3 is 15.4 Å². The molecule has 1 aliphatic heterocycles. The number of carboxylic acid groups (broad SMARTS) is 1. The first-order valence-corrected chi connectivity index (χ1v) is 10.5. The van der Waals surface area contributed by atoms with Crippen molar-refractivity contribution in [1.29, 1.82) is 0 Å². The predicted octanol–water partition coefficient (Wildman–Crippen LogP) is 5.01. The van der Waals surface area contributed by atoms with Crippen LogP contribution in [0.5, 0.6) is 0 Å². The number of benzene rings is 1. The van der Waals surface area contributed by atoms with Crippen molar-refractivity contribution in [2.45, 2.75) is 38.8 Å². The van der Waals surface area contributed by atoms with Crippen LogP contribution in [0.4, 0.5) is 13.2 Å². The van der Waals surface area contributed by atoms with Crippen molar-refractivity contribution in [3.63, 3.8) is 0 Å². The average molecular weight is 459 g/mol. The number of amides is 1. The lowest BCUT2D eigenvalue weighted by molar-refractivity contribution is -0.192. The maximum Gasteiger partial charge on any atom is 0.490 e. The molecule has 0 spiro atoms. The Morgan fingerprint density at radius 3 is 2.58 bits per heavy atom. The van der Waals surface area contributed by atoms with Gasteiger partial charge in [-0.05, 0) is 42.7 Å². The summed E-state index contributed by atoms with van der Waals surface area (Å²) in [6.07, 6.45) is 1.10. The highest BCUT2D eigenvalue weighted by Crippen LogP contribution is 2.27. The van der Waals surface area contributed by atoms with Gasteiger partial charge in [0.15, 0.2) is 0 Å². The molecule has 3 aromatic rings. The Labute approximate surface area is 188 Å². The number of carboxylic acids is 1. The Balaban J connectivity index is 0.000000383. The molecular weight excluding hydrogens is 435 g/mol. The third-order valence-corrected chi connectivity index (χ3v) is 5.16. The monoisotopic (exact) mass is 459 g/mol. The molecule has 2 aromatic heterocycles. The van der Waals surface area contributed by atoms with Gasteiger partial charge in [0.25, 0.3) is 5.91 Å². The Kier molecular flexibility index (Phi) is 7.52. The van der Waals surface area contributed by atoms with E-state index in [-0.39, 0.29) is 5.91 Å². The molecule has 4 rings (SSSR count). The Bertz CT molecular complexity index is 1140. The molecule has 1 aliphatic rings. The fourth-order valence-corrected chi connectivity index (χ4v) is 3.47. The Morgan fingerprint density at radius 2 is 1.91 bits per heavy atom. The Morgan fingerprint density at radius 1 is 1.15 bits per heavy atom. The largest absolute Gasteiger partial charge is 0.490 e. The SMILES string of the molecule is CCCCc1cccc(-c2cc(-c3cc4c([nH]3)CCNC4=O)ccn2)c1.O=C(O)C(F)(F)F. The molecule has 33 heavy (non-hydrogen) atoms. The minimum atomic E-state index is -5.08. The molecule has 174 valence electrons. The van der Waals surface area contributed by atoms with E-state index in [0.717, 1.165) is 46.6 Å². The summed E-state index contributed by atoms with van der Waals surface area (Å²) in [6.45, 7) is 2.91. The number of aromatic amines is 1. The molecule has 1 amide bonds. The summed E-state index contributed by atoms with van der Waals surface area (Å²) in [5, 5.41) is 10.0. The van der Waals surface area contributed by atoms with Crippen LogP contribution in [0.3, 0.4) is 0 Å². The van der Waals surface area contributed by atoms with Crippen LogP contribution in [-0.2, 0) is 17.6 Å². The summed E-state index contributed by atoms with van der Waals surface area (Å²) in [5.74, 6) is -2.75. The first-order valence-electron chi connectivity index (χ1n) is 10.5. The van der Waals surface area contributed by atoms with Crippen LogP contribution < -0.4 is 5.32 Å². The molecule has 0 aliphatic carbocycles. The molecule has 0 radical (unpaired) electrons. The molecule has 3 N–H and O–H groups in total. The van der Waals surface area contributed by atoms with Gasteiger partial charge in [0, 0.05) is 41.7 Å². The number of aryl methyl sites for hydroxylation is 1. The van der Waals surface area contributed by atoms with Gasteiger partial charge in [0.05, 0.1) is 11.3 Å². The predicted molar refractivity (Wildman–Crippen MR) is 118 cm³/mol. The third-order valence-electron chi connectivity index (χ3n) is 5.16. The number of alkyl halides is 3. The molecule has 0 bridgehead atoms. The highest BCUT2D eigenvalue weighted by molar-refractivity contribution is 5.97. The zero-order valence-corrected chi connectivity index (χ0v) is 18.0. The first kappa shape index (κ1) is 24.0. The van der Waals surface area contributed by atoms with Crippen LogP contribution in [0.2, 0.25) is 0 Å². The van der Waals surface area contributed by atoms with Crippen LogP contribution >= 0.6 is 0 Å². The normalized spacial score (nSPS) is 12.9. The zero-order chi connectivity index (χ0) is 24.0.